The lowest BCUT2D eigenvalue weighted by atomic mass is 10.1. The maximum Gasteiger partial charge on any atom is 0.123 e. The molecule has 0 saturated heterocycles. The smallest absolute Gasteiger partial charge is 0.123 e. The van der Waals surface area contributed by atoms with Crippen molar-refractivity contribution in [3.8, 4) is 11.1 Å². The molecule has 5 heteroatoms. The summed E-state index contributed by atoms with van der Waals surface area (Å²) >= 11 is 17.9. The zero-order chi connectivity index (χ0) is 11.7. The van der Waals surface area contributed by atoms with E-state index >= 15 is 0 Å². The zero-order valence-corrected chi connectivity index (χ0v) is 10.3. The molecule has 16 heavy (non-hydrogen) atoms. The fourth-order valence-electron chi connectivity index (χ4n) is 1.36. The topological polar surface area (TPSA) is 38.9 Å². The molecule has 0 aliphatic carbocycles. The Bertz CT molecular complexity index is 541. The fourth-order valence-corrected chi connectivity index (χ4v) is 2.02. The van der Waals surface area contributed by atoms with Crippen LogP contribution in [0.3, 0.4) is 0 Å². The molecule has 0 unspecified atom stereocenters. The average Bonchev–Trinajstić information content (AvgIpc) is 2.23. The van der Waals surface area contributed by atoms with Crippen molar-refractivity contribution in [2.75, 3.05) is 5.73 Å². The van der Waals surface area contributed by atoms with Gasteiger partial charge in [-0.25, -0.2) is 4.98 Å². The van der Waals surface area contributed by atoms with Gasteiger partial charge in [-0.2, -0.15) is 0 Å². The van der Waals surface area contributed by atoms with Gasteiger partial charge in [-0.15, -0.1) is 0 Å². The van der Waals surface area contributed by atoms with E-state index in [-0.39, 0.29) is 0 Å². The lowest BCUT2D eigenvalue weighted by molar-refractivity contribution is 1.34. The third kappa shape index (κ3) is 2.24. The molecule has 0 fully saturated rings. The van der Waals surface area contributed by atoms with Crippen LogP contribution in [0.2, 0.25) is 15.1 Å². The van der Waals surface area contributed by atoms with Gasteiger partial charge in [0.25, 0.3) is 0 Å². The first kappa shape index (κ1) is 11.5. The largest absolute Gasteiger partial charge is 0.384 e. The summed E-state index contributed by atoms with van der Waals surface area (Å²) in [7, 11) is 0. The van der Waals surface area contributed by atoms with E-state index in [2.05, 4.69) is 4.98 Å². The Balaban J connectivity index is 2.60. The maximum absolute atomic E-state index is 6.08. The number of pyridine rings is 1. The molecule has 1 aromatic carbocycles. The molecule has 2 rings (SSSR count). The Kier molecular flexibility index (Phi) is 3.24. The number of halogens is 3. The summed E-state index contributed by atoms with van der Waals surface area (Å²) in [6, 6.07) is 6.85. The van der Waals surface area contributed by atoms with Gasteiger partial charge in [0.15, 0.2) is 0 Å². The fraction of sp³-hybridized carbons (Fsp3) is 0. The van der Waals surface area contributed by atoms with E-state index in [9.17, 15) is 0 Å². The minimum atomic E-state index is 0.428. The minimum absolute atomic E-state index is 0.428. The summed E-state index contributed by atoms with van der Waals surface area (Å²) in [6.45, 7) is 0. The molecular formula is C11H7Cl3N2. The van der Waals surface area contributed by atoms with E-state index in [1.165, 1.54) is 0 Å². The highest BCUT2D eigenvalue weighted by Gasteiger charge is 2.08. The second-order valence-electron chi connectivity index (χ2n) is 3.22. The number of nitrogens with zero attached hydrogens (tertiary/aromatic N) is 1. The van der Waals surface area contributed by atoms with Crippen LogP contribution in [-0.4, -0.2) is 4.98 Å². The lowest BCUT2D eigenvalue weighted by Gasteiger charge is -2.07. The Hall–Kier alpha value is -0.960. The quantitative estimate of drug-likeness (QED) is 0.787. The van der Waals surface area contributed by atoms with E-state index in [1.807, 2.05) is 6.07 Å². The van der Waals surface area contributed by atoms with Crippen LogP contribution < -0.4 is 5.73 Å². The standard InChI is InChI=1S/C11H7Cl3N2/c12-8-5-10(14)9(13)4-7(8)6-1-2-16-11(15)3-6/h1-5H,(H2,15,16). The summed E-state index contributed by atoms with van der Waals surface area (Å²) in [5.74, 6) is 0.430. The van der Waals surface area contributed by atoms with Crippen LogP contribution >= 0.6 is 34.8 Å². The zero-order valence-electron chi connectivity index (χ0n) is 8.05. The number of benzene rings is 1. The summed E-state index contributed by atoms with van der Waals surface area (Å²) in [4.78, 5) is 3.91. The van der Waals surface area contributed by atoms with E-state index in [1.54, 1.807) is 24.4 Å². The first-order valence-corrected chi connectivity index (χ1v) is 5.58. The Labute approximate surface area is 108 Å². The summed E-state index contributed by atoms with van der Waals surface area (Å²) < 4.78 is 0. The van der Waals surface area contributed by atoms with Crippen LogP contribution in [-0.2, 0) is 0 Å². The van der Waals surface area contributed by atoms with Gasteiger partial charge in [0.05, 0.1) is 10.0 Å². The maximum atomic E-state index is 6.08. The minimum Gasteiger partial charge on any atom is -0.384 e. The first-order chi connectivity index (χ1) is 7.58. The van der Waals surface area contributed by atoms with E-state index in [0.717, 1.165) is 11.1 Å². The molecule has 1 aromatic heterocycles. The molecule has 0 saturated carbocycles. The normalized spacial score (nSPS) is 10.4. The first-order valence-electron chi connectivity index (χ1n) is 4.44. The Morgan fingerprint density at radius 1 is 0.938 bits per heavy atom. The number of nitrogens with two attached hydrogens (primary N) is 1. The highest BCUT2D eigenvalue weighted by Crippen LogP contribution is 2.35. The van der Waals surface area contributed by atoms with Crippen molar-refractivity contribution < 1.29 is 0 Å². The average molecular weight is 274 g/mol. The molecule has 0 bridgehead atoms. The predicted octanol–water partition coefficient (Wildman–Crippen LogP) is 4.29. The number of hydrogen-bond donors (Lipinski definition) is 1. The third-order valence-electron chi connectivity index (χ3n) is 2.10. The monoisotopic (exact) mass is 272 g/mol. The second kappa shape index (κ2) is 4.50. The van der Waals surface area contributed by atoms with Crippen molar-refractivity contribution in [2.24, 2.45) is 0 Å². The third-order valence-corrected chi connectivity index (χ3v) is 3.14. The highest BCUT2D eigenvalue weighted by molar-refractivity contribution is 6.44. The van der Waals surface area contributed by atoms with Gasteiger partial charge >= 0.3 is 0 Å². The van der Waals surface area contributed by atoms with Crippen LogP contribution in [0.1, 0.15) is 0 Å². The van der Waals surface area contributed by atoms with Crippen molar-refractivity contribution in [3.63, 3.8) is 0 Å². The number of anilines is 1. The second-order valence-corrected chi connectivity index (χ2v) is 4.44. The molecule has 2 nitrogen and oxygen atoms in total. The van der Waals surface area contributed by atoms with Crippen molar-refractivity contribution in [2.45, 2.75) is 0 Å². The number of aromatic nitrogens is 1. The van der Waals surface area contributed by atoms with Gasteiger partial charge < -0.3 is 5.73 Å². The molecule has 82 valence electrons. The van der Waals surface area contributed by atoms with E-state index in [4.69, 9.17) is 40.5 Å². The van der Waals surface area contributed by atoms with Crippen molar-refractivity contribution in [1.29, 1.82) is 0 Å². The molecule has 0 radical (unpaired) electrons. The molecular weight excluding hydrogens is 266 g/mol. The molecule has 0 aliphatic rings. The van der Waals surface area contributed by atoms with Crippen molar-refractivity contribution in [3.05, 3.63) is 45.5 Å². The Morgan fingerprint density at radius 3 is 2.31 bits per heavy atom. The SMILES string of the molecule is Nc1cc(-c2cc(Cl)c(Cl)cc2Cl)ccn1. The highest BCUT2D eigenvalue weighted by atomic mass is 35.5. The molecule has 0 atom stereocenters. The summed E-state index contributed by atoms with van der Waals surface area (Å²) in [5.41, 5.74) is 7.24. The van der Waals surface area contributed by atoms with Gasteiger partial charge in [0.1, 0.15) is 5.82 Å². The van der Waals surface area contributed by atoms with E-state index < -0.39 is 0 Å². The van der Waals surface area contributed by atoms with Gasteiger partial charge in [-0.05, 0) is 29.8 Å². The molecule has 0 amide bonds. The molecule has 2 N–H and O–H groups in total. The van der Waals surface area contributed by atoms with Crippen LogP contribution in [0.25, 0.3) is 11.1 Å². The van der Waals surface area contributed by atoms with Crippen molar-refractivity contribution in [1.82, 2.24) is 4.98 Å². The van der Waals surface area contributed by atoms with Gasteiger partial charge in [0.2, 0.25) is 0 Å². The van der Waals surface area contributed by atoms with Crippen LogP contribution in [0, 0.1) is 0 Å². The number of rotatable bonds is 1. The van der Waals surface area contributed by atoms with Crippen LogP contribution in [0.15, 0.2) is 30.5 Å². The summed E-state index contributed by atoms with van der Waals surface area (Å²) in [6.07, 6.45) is 1.61. The van der Waals surface area contributed by atoms with Gasteiger partial charge in [-0.3, -0.25) is 0 Å². The molecule has 1 heterocycles. The number of nitrogen functional groups attached to an aromatic ring is 1. The Morgan fingerprint density at radius 2 is 1.62 bits per heavy atom. The molecule has 2 aromatic rings. The van der Waals surface area contributed by atoms with E-state index in [0.29, 0.717) is 20.9 Å². The lowest BCUT2D eigenvalue weighted by Crippen LogP contribution is -1.90. The van der Waals surface area contributed by atoms with Crippen LogP contribution in [0.4, 0.5) is 5.82 Å². The molecule has 0 spiro atoms. The van der Waals surface area contributed by atoms with Crippen molar-refractivity contribution >= 4 is 40.6 Å². The summed E-state index contributed by atoms with van der Waals surface area (Å²) in [5, 5.41) is 1.41. The predicted molar refractivity (Wildman–Crippen MR) is 69.1 cm³/mol. The van der Waals surface area contributed by atoms with Gasteiger partial charge in [-0.1, -0.05) is 34.8 Å². The molecule has 0 aliphatic heterocycles. The van der Waals surface area contributed by atoms with Gasteiger partial charge in [0, 0.05) is 16.8 Å². The number of hydrogen-bond acceptors (Lipinski definition) is 2. The van der Waals surface area contributed by atoms with Crippen LogP contribution in [0.5, 0.6) is 0 Å².